The highest BCUT2D eigenvalue weighted by atomic mass is 16.5. The minimum atomic E-state index is -0.552. The Morgan fingerprint density at radius 3 is 2.74 bits per heavy atom. The Morgan fingerprint density at radius 2 is 2.03 bits per heavy atom. The minimum Gasteiger partial charge on any atom is -0.493 e. The van der Waals surface area contributed by atoms with Crippen molar-refractivity contribution >= 4 is 5.91 Å². The van der Waals surface area contributed by atoms with Crippen LogP contribution in [0.3, 0.4) is 0 Å². The number of benzene rings is 1. The average molecular weight is 434 g/mol. The zero-order valence-corrected chi connectivity index (χ0v) is 19.4. The van der Waals surface area contributed by atoms with Crippen molar-refractivity contribution in [3.8, 4) is 11.5 Å². The van der Waals surface area contributed by atoms with E-state index < -0.39 is 5.54 Å². The minimum absolute atomic E-state index is 0.0157. The first kappa shape index (κ1) is 23.8. The third kappa shape index (κ3) is 6.11. The van der Waals surface area contributed by atoms with Crippen LogP contribution in [0.4, 0.5) is 0 Å². The molecule has 2 saturated heterocycles. The lowest BCUT2D eigenvalue weighted by Crippen LogP contribution is -2.53. The Bertz CT molecular complexity index is 721. The van der Waals surface area contributed by atoms with Gasteiger partial charge in [0.05, 0.1) is 19.3 Å². The first-order valence-corrected chi connectivity index (χ1v) is 11.6. The number of amides is 1. The van der Waals surface area contributed by atoms with Crippen LogP contribution < -0.4 is 14.8 Å². The number of hydrogen-bond acceptors (Lipinski definition) is 6. The zero-order chi connectivity index (χ0) is 22.3. The Hall–Kier alpha value is -1.83. The van der Waals surface area contributed by atoms with Gasteiger partial charge in [0.2, 0.25) is 5.91 Å². The normalized spacial score (nSPS) is 23.1. The van der Waals surface area contributed by atoms with E-state index in [2.05, 4.69) is 28.1 Å². The predicted octanol–water partition coefficient (Wildman–Crippen LogP) is 2.27. The second-order valence-electron chi connectivity index (χ2n) is 9.14. The molecule has 3 rings (SSSR count). The number of nitrogens with one attached hydrogen (secondary N) is 1. The molecular weight excluding hydrogens is 394 g/mol. The number of aliphatic hydroxyl groups is 1. The van der Waals surface area contributed by atoms with E-state index in [-0.39, 0.29) is 12.5 Å². The van der Waals surface area contributed by atoms with Gasteiger partial charge >= 0.3 is 0 Å². The summed E-state index contributed by atoms with van der Waals surface area (Å²) in [6.45, 7) is 10.0. The van der Waals surface area contributed by atoms with Crippen LogP contribution in [-0.4, -0.2) is 79.4 Å². The van der Waals surface area contributed by atoms with E-state index in [1.807, 2.05) is 19.1 Å². The molecule has 0 radical (unpaired) electrons. The van der Waals surface area contributed by atoms with Crippen LogP contribution in [-0.2, 0) is 11.3 Å². The molecule has 0 aromatic heterocycles. The van der Waals surface area contributed by atoms with E-state index in [1.54, 1.807) is 7.11 Å². The molecule has 2 aliphatic heterocycles. The Balaban J connectivity index is 1.57. The summed E-state index contributed by atoms with van der Waals surface area (Å²) in [4.78, 5) is 17.3. The lowest BCUT2D eigenvalue weighted by Gasteiger charge is -2.34. The maximum Gasteiger partial charge on any atom is 0.240 e. The number of hydrogen-bond donors (Lipinski definition) is 2. The van der Waals surface area contributed by atoms with Gasteiger partial charge in [0.15, 0.2) is 11.5 Å². The van der Waals surface area contributed by atoms with Crippen molar-refractivity contribution in [2.45, 2.75) is 51.6 Å². The molecule has 1 aromatic rings. The number of rotatable bonds is 10. The summed E-state index contributed by atoms with van der Waals surface area (Å²) < 4.78 is 11.6. The summed E-state index contributed by atoms with van der Waals surface area (Å²) in [7, 11) is 1.67. The van der Waals surface area contributed by atoms with Gasteiger partial charge in [-0.3, -0.25) is 14.6 Å². The van der Waals surface area contributed by atoms with Crippen LogP contribution in [0.2, 0.25) is 0 Å². The topological polar surface area (TPSA) is 74.3 Å². The molecule has 0 bridgehead atoms. The number of piperidine rings is 1. The first-order valence-electron chi connectivity index (χ1n) is 11.6. The summed E-state index contributed by atoms with van der Waals surface area (Å²) in [5, 5.41) is 11.9. The fourth-order valence-electron chi connectivity index (χ4n) is 4.61. The van der Waals surface area contributed by atoms with Crippen LogP contribution in [0, 0.1) is 5.92 Å². The van der Waals surface area contributed by atoms with Gasteiger partial charge in [-0.05, 0) is 75.9 Å². The van der Waals surface area contributed by atoms with Crippen molar-refractivity contribution in [1.82, 2.24) is 15.1 Å². The van der Waals surface area contributed by atoms with Crippen molar-refractivity contribution in [3.63, 3.8) is 0 Å². The number of ether oxygens (including phenoxy) is 2. The largest absolute Gasteiger partial charge is 0.493 e. The zero-order valence-electron chi connectivity index (χ0n) is 19.4. The Labute approximate surface area is 186 Å². The molecule has 2 fully saturated rings. The second-order valence-corrected chi connectivity index (χ2v) is 9.14. The van der Waals surface area contributed by atoms with Gasteiger partial charge in [0.1, 0.15) is 6.61 Å². The average Bonchev–Trinajstić information content (AvgIpc) is 3.15. The van der Waals surface area contributed by atoms with Gasteiger partial charge < -0.3 is 19.9 Å². The Kier molecular flexibility index (Phi) is 8.58. The van der Waals surface area contributed by atoms with Crippen molar-refractivity contribution in [1.29, 1.82) is 0 Å². The highest BCUT2D eigenvalue weighted by molar-refractivity contribution is 5.86. The van der Waals surface area contributed by atoms with E-state index in [4.69, 9.17) is 14.6 Å². The van der Waals surface area contributed by atoms with E-state index in [0.29, 0.717) is 19.7 Å². The quantitative estimate of drug-likeness (QED) is 0.590. The third-order valence-electron chi connectivity index (χ3n) is 6.82. The SMILES string of the molecule is COc1cc(CN2CCC[C@@]2(C)C(=O)NCCO)ccc1OCCN1CCC(C)CC1. The van der Waals surface area contributed by atoms with Gasteiger partial charge in [-0.15, -0.1) is 0 Å². The maximum atomic E-state index is 12.7. The van der Waals surface area contributed by atoms with Gasteiger partial charge in [0, 0.05) is 19.6 Å². The van der Waals surface area contributed by atoms with E-state index in [0.717, 1.165) is 62.0 Å². The van der Waals surface area contributed by atoms with Gasteiger partial charge in [-0.1, -0.05) is 13.0 Å². The molecule has 0 spiro atoms. The molecule has 1 atom stereocenters. The summed E-state index contributed by atoms with van der Waals surface area (Å²) in [5.41, 5.74) is 0.543. The molecule has 31 heavy (non-hydrogen) atoms. The van der Waals surface area contributed by atoms with Crippen molar-refractivity contribution in [3.05, 3.63) is 23.8 Å². The van der Waals surface area contributed by atoms with Crippen LogP contribution in [0.25, 0.3) is 0 Å². The number of nitrogens with zero attached hydrogens (tertiary/aromatic N) is 2. The first-order chi connectivity index (χ1) is 15.0. The van der Waals surface area contributed by atoms with E-state index >= 15 is 0 Å². The molecule has 2 heterocycles. The van der Waals surface area contributed by atoms with Gasteiger partial charge in [-0.2, -0.15) is 0 Å². The summed E-state index contributed by atoms with van der Waals surface area (Å²) in [5.74, 6) is 2.32. The predicted molar refractivity (Wildman–Crippen MR) is 121 cm³/mol. The van der Waals surface area contributed by atoms with Crippen LogP contribution in [0.1, 0.15) is 45.1 Å². The summed E-state index contributed by atoms with van der Waals surface area (Å²) in [6.07, 6.45) is 4.34. The fraction of sp³-hybridized carbons (Fsp3) is 0.708. The Morgan fingerprint density at radius 1 is 1.26 bits per heavy atom. The molecule has 2 N–H and O–H groups in total. The molecule has 2 aliphatic rings. The highest BCUT2D eigenvalue weighted by Crippen LogP contribution is 2.33. The highest BCUT2D eigenvalue weighted by Gasteiger charge is 2.42. The molecule has 0 unspecified atom stereocenters. The maximum absolute atomic E-state index is 12.7. The fourth-order valence-corrected chi connectivity index (χ4v) is 4.61. The lowest BCUT2D eigenvalue weighted by atomic mass is 9.97. The summed E-state index contributed by atoms with van der Waals surface area (Å²) >= 11 is 0. The van der Waals surface area contributed by atoms with Gasteiger partial charge in [-0.25, -0.2) is 0 Å². The smallest absolute Gasteiger partial charge is 0.240 e. The molecule has 1 aromatic carbocycles. The number of likely N-dealkylation sites (tertiary alicyclic amines) is 2. The number of carbonyl (C=O) groups excluding carboxylic acids is 1. The lowest BCUT2D eigenvalue weighted by molar-refractivity contribution is -0.131. The van der Waals surface area contributed by atoms with Crippen molar-refractivity contribution in [2.75, 3.05) is 53.0 Å². The van der Waals surface area contributed by atoms with E-state index in [1.165, 1.54) is 12.8 Å². The van der Waals surface area contributed by atoms with Crippen LogP contribution in [0.15, 0.2) is 18.2 Å². The molecular formula is C24H39N3O4. The molecule has 0 aliphatic carbocycles. The number of aliphatic hydroxyl groups excluding tert-OH is 1. The summed E-state index contributed by atoms with van der Waals surface area (Å²) in [6, 6.07) is 6.05. The molecule has 7 heteroatoms. The molecule has 7 nitrogen and oxygen atoms in total. The molecule has 0 saturated carbocycles. The number of carbonyl (C=O) groups is 1. The molecule has 174 valence electrons. The standard InChI is InChI=1S/C24H39N3O4/c1-19-7-12-26(13-8-19)14-16-31-21-6-5-20(17-22(21)30-3)18-27-11-4-9-24(27,2)23(29)25-10-15-28/h5-6,17,19,28H,4,7-16,18H2,1-3H3,(H,25,29)/t24-/m0/s1. The van der Waals surface area contributed by atoms with Crippen LogP contribution >= 0.6 is 0 Å². The van der Waals surface area contributed by atoms with E-state index in [9.17, 15) is 4.79 Å². The third-order valence-corrected chi connectivity index (χ3v) is 6.82. The monoisotopic (exact) mass is 433 g/mol. The van der Waals surface area contributed by atoms with Crippen molar-refractivity contribution < 1.29 is 19.4 Å². The second kappa shape index (κ2) is 11.2. The van der Waals surface area contributed by atoms with Crippen LogP contribution in [0.5, 0.6) is 11.5 Å². The molecule has 1 amide bonds. The van der Waals surface area contributed by atoms with Gasteiger partial charge in [0.25, 0.3) is 0 Å². The number of methoxy groups -OCH3 is 1. The van der Waals surface area contributed by atoms with Crippen molar-refractivity contribution in [2.24, 2.45) is 5.92 Å².